The fourth-order valence-corrected chi connectivity index (χ4v) is 2.85. The minimum absolute atomic E-state index is 0.0553. The zero-order valence-electron chi connectivity index (χ0n) is 15.4. The predicted octanol–water partition coefficient (Wildman–Crippen LogP) is 1.56. The minimum Gasteiger partial charge on any atom is -0.454 e. The van der Waals surface area contributed by atoms with Gasteiger partial charge in [-0.15, -0.1) is 0 Å². The van der Waals surface area contributed by atoms with Crippen LogP contribution in [-0.2, 0) is 4.79 Å². The molecule has 142 valence electrons. The average molecular weight is 369 g/mol. The van der Waals surface area contributed by atoms with Crippen LogP contribution in [0.5, 0.6) is 11.5 Å². The van der Waals surface area contributed by atoms with E-state index < -0.39 is 0 Å². The third-order valence-corrected chi connectivity index (χ3v) is 4.34. The number of benzene rings is 2. The zero-order chi connectivity index (χ0) is 19.2. The molecule has 0 aromatic heterocycles. The zero-order valence-corrected chi connectivity index (χ0v) is 15.4. The van der Waals surface area contributed by atoms with Crippen LogP contribution in [0.25, 0.3) is 0 Å². The van der Waals surface area contributed by atoms with E-state index >= 15 is 0 Å². The smallest absolute Gasteiger partial charge is 0.251 e. The highest BCUT2D eigenvalue weighted by molar-refractivity contribution is 5.97. The van der Waals surface area contributed by atoms with Crippen molar-refractivity contribution in [2.45, 2.75) is 6.04 Å². The lowest BCUT2D eigenvalue weighted by molar-refractivity contribution is -0.120. The fourth-order valence-electron chi connectivity index (χ4n) is 2.85. The summed E-state index contributed by atoms with van der Waals surface area (Å²) in [5, 5.41) is 5.49. The Labute approximate surface area is 158 Å². The molecule has 7 nitrogen and oxygen atoms in total. The van der Waals surface area contributed by atoms with Crippen LogP contribution in [0.3, 0.4) is 0 Å². The van der Waals surface area contributed by atoms with Crippen LogP contribution >= 0.6 is 0 Å². The molecular weight excluding hydrogens is 346 g/mol. The predicted molar refractivity (Wildman–Crippen MR) is 101 cm³/mol. The van der Waals surface area contributed by atoms with Gasteiger partial charge in [0.2, 0.25) is 12.7 Å². The molecule has 0 bridgehead atoms. The Kier molecular flexibility index (Phi) is 5.93. The minimum atomic E-state index is -0.337. The van der Waals surface area contributed by atoms with Gasteiger partial charge in [-0.1, -0.05) is 30.3 Å². The molecule has 0 saturated heterocycles. The molecule has 1 aliphatic heterocycles. The first-order valence-corrected chi connectivity index (χ1v) is 8.70. The van der Waals surface area contributed by atoms with Crippen LogP contribution in [0.15, 0.2) is 48.5 Å². The highest BCUT2D eigenvalue weighted by atomic mass is 16.7. The molecule has 27 heavy (non-hydrogen) atoms. The van der Waals surface area contributed by atoms with E-state index in [2.05, 4.69) is 10.6 Å². The number of ether oxygens (including phenoxy) is 2. The summed E-state index contributed by atoms with van der Waals surface area (Å²) in [7, 11) is 3.93. The fraction of sp³-hybridized carbons (Fsp3) is 0.300. The van der Waals surface area contributed by atoms with Gasteiger partial charge in [-0.05, 0) is 37.9 Å². The van der Waals surface area contributed by atoms with E-state index in [1.807, 2.05) is 49.3 Å². The third kappa shape index (κ3) is 4.77. The maximum Gasteiger partial charge on any atom is 0.251 e. The van der Waals surface area contributed by atoms with Gasteiger partial charge in [0.05, 0.1) is 12.6 Å². The molecule has 2 aromatic carbocycles. The lowest BCUT2D eigenvalue weighted by Gasteiger charge is -2.25. The van der Waals surface area contributed by atoms with E-state index in [0.717, 1.165) is 5.56 Å². The van der Waals surface area contributed by atoms with Crippen molar-refractivity contribution < 1.29 is 19.1 Å². The van der Waals surface area contributed by atoms with Crippen molar-refractivity contribution in [3.05, 3.63) is 59.7 Å². The molecule has 0 aliphatic carbocycles. The molecule has 3 rings (SSSR count). The van der Waals surface area contributed by atoms with Gasteiger partial charge in [-0.25, -0.2) is 0 Å². The Morgan fingerprint density at radius 3 is 2.52 bits per heavy atom. The Morgan fingerprint density at radius 2 is 1.78 bits per heavy atom. The number of nitrogens with zero attached hydrogens (tertiary/aromatic N) is 1. The van der Waals surface area contributed by atoms with Gasteiger partial charge in [0.1, 0.15) is 0 Å². The van der Waals surface area contributed by atoms with E-state index in [-0.39, 0.29) is 31.2 Å². The molecule has 2 amide bonds. The van der Waals surface area contributed by atoms with Gasteiger partial charge >= 0.3 is 0 Å². The highest BCUT2D eigenvalue weighted by Crippen LogP contribution is 2.32. The molecular formula is C20H23N3O4. The Hall–Kier alpha value is -3.06. The highest BCUT2D eigenvalue weighted by Gasteiger charge is 2.18. The number of nitrogens with one attached hydrogen (secondary N) is 2. The average Bonchev–Trinajstić information content (AvgIpc) is 3.14. The van der Waals surface area contributed by atoms with Gasteiger partial charge in [-0.2, -0.15) is 0 Å². The quantitative estimate of drug-likeness (QED) is 0.774. The standard InChI is InChI=1S/C20H23N3O4/c1-23(2)16(14-6-4-3-5-7-14)11-21-19(24)12-22-20(25)15-8-9-17-18(10-15)27-13-26-17/h3-10,16H,11-13H2,1-2H3,(H,21,24)(H,22,25). The summed E-state index contributed by atoms with van der Waals surface area (Å²) in [5.41, 5.74) is 1.54. The summed E-state index contributed by atoms with van der Waals surface area (Å²) in [6.07, 6.45) is 0. The van der Waals surface area contributed by atoms with Crippen molar-refractivity contribution in [3.8, 4) is 11.5 Å². The monoisotopic (exact) mass is 369 g/mol. The second kappa shape index (κ2) is 8.55. The molecule has 0 saturated carbocycles. The lowest BCUT2D eigenvalue weighted by atomic mass is 10.1. The Morgan fingerprint density at radius 1 is 1.04 bits per heavy atom. The summed E-state index contributed by atoms with van der Waals surface area (Å²) in [6, 6.07) is 14.9. The summed E-state index contributed by atoms with van der Waals surface area (Å²) < 4.78 is 10.5. The van der Waals surface area contributed by atoms with Gasteiger partial charge in [-0.3, -0.25) is 9.59 Å². The number of hydrogen-bond acceptors (Lipinski definition) is 5. The first-order valence-electron chi connectivity index (χ1n) is 8.70. The number of carbonyl (C=O) groups is 2. The van der Waals surface area contributed by atoms with Crippen LogP contribution < -0.4 is 20.1 Å². The van der Waals surface area contributed by atoms with Crippen LogP contribution in [0.2, 0.25) is 0 Å². The summed E-state index contributed by atoms with van der Waals surface area (Å²) in [6.45, 7) is 0.509. The number of fused-ring (bicyclic) bond motifs is 1. The second-order valence-corrected chi connectivity index (χ2v) is 6.44. The lowest BCUT2D eigenvalue weighted by Crippen LogP contribution is -2.40. The third-order valence-electron chi connectivity index (χ3n) is 4.34. The molecule has 1 heterocycles. The summed E-state index contributed by atoms with van der Waals surface area (Å²) >= 11 is 0. The van der Waals surface area contributed by atoms with E-state index in [9.17, 15) is 9.59 Å². The van der Waals surface area contributed by atoms with Crippen LogP contribution in [0, 0.1) is 0 Å². The largest absolute Gasteiger partial charge is 0.454 e. The van der Waals surface area contributed by atoms with Crippen molar-refractivity contribution in [2.24, 2.45) is 0 Å². The van der Waals surface area contributed by atoms with E-state index in [1.165, 1.54) is 0 Å². The van der Waals surface area contributed by atoms with Gasteiger partial charge in [0, 0.05) is 12.1 Å². The topological polar surface area (TPSA) is 79.9 Å². The van der Waals surface area contributed by atoms with E-state index in [0.29, 0.717) is 23.6 Å². The van der Waals surface area contributed by atoms with Crippen LogP contribution in [0.1, 0.15) is 22.0 Å². The Balaban J connectivity index is 1.49. The molecule has 1 unspecified atom stereocenters. The SMILES string of the molecule is CN(C)C(CNC(=O)CNC(=O)c1ccc2c(c1)OCO2)c1ccccc1. The number of carbonyl (C=O) groups excluding carboxylic acids is 2. The number of likely N-dealkylation sites (N-methyl/N-ethyl adjacent to an activating group) is 1. The maximum atomic E-state index is 12.2. The van der Waals surface area contributed by atoms with E-state index in [1.54, 1.807) is 18.2 Å². The summed E-state index contributed by atoms with van der Waals surface area (Å²) in [5.74, 6) is 0.561. The number of amides is 2. The first kappa shape index (κ1) is 18.7. The molecule has 2 aromatic rings. The number of hydrogen-bond donors (Lipinski definition) is 2. The molecule has 2 N–H and O–H groups in total. The van der Waals surface area contributed by atoms with Crippen molar-refractivity contribution in [1.29, 1.82) is 0 Å². The maximum absolute atomic E-state index is 12.2. The van der Waals surface area contributed by atoms with Crippen LogP contribution in [-0.4, -0.2) is 50.7 Å². The summed E-state index contributed by atoms with van der Waals surface area (Å²) in [4.78, 5) is 26.4. The van der Waals surface area contributed by atoms with Crippen molar-refractivity contribution >= 4 is 11.8 Å². The van der Waals surface area contributed by atoms with Crippen molar-refractivity contribution in [1.82, 2.24) is 15.5 Å². The van der Waals surface area contributed by atoms with Gasteiger partial charge in [0.25, 0.3) is 5.91 Å². The second-order valence-electron chi connectivity index (χ2n) is 6.44. The Bertz CT molecular complexity index is 808. The molecule has 0 spiro atoms. The van der Waals surface area contributed by atoms with Crippen molar-refractivity contribution in [3.63, 3.8) is 0 Å². The molecule has 7 heteroatoms. The van der Waals surface area contributed by atoms with Gasteiger partial charge < -0.3 is 25.0 Å². The van der Waals surface area contributed by atoms with Crippen LogP contribution in [0.4, 0.5) is 0 Å². The first-order chi connectivity index (χ1) is 13.0. The normalized spacial score (nSPS) is 13.3. The molecule has 0 fully saturated rings. The molecule has 0 radical (unpaired) electrons. The van der Waals surface area contributed by atoms with E-state index in [4.69, 9.17) is 9.47 Å². The van der Waals surface area contributed by atoms with Gasteiger partial charge in [0.15, 0.2) is 11.5 Å². The number of rotatable bonds is 7. The molecule has 1 aliphatic rings. The molecule has 1 atom stereocenters. The van der Waals surface area contributed by atoms with Crippen molar-refractivity contribution in [2.75, 3.05) is 34.0 Å².